The van der Waals surface area contributed by atoms with Gasteiger partial charge < -0.3 is 15.4 Å². The van der Waals surface area contributed by atoms with Gasteiger partial charge in [0, 0.05) is 24.0 Å². The van der Waals surface area contributed by atoms with Gasteiger partial charge in [0.1, 0.15) is 5.75 Å². The molecule has 0 unspecified atom stereocenters. The lowest BCUT2D eigenvalue weighted by Crippen LogP contribution is -2.26. The van der Waals surface area contributed by atoms with Gasteiger partial charge in [0.2, 0.25) is 0 Å². The molecule has 0 saturated carbocycles. The van der Waals surface area contributed by atoms with E-state index in [0.29, 0.717) is 11.3 Å². The van der Waals surface area contributed by atoms with Crippen LogP contribution in [0.2, 0.25) is 0 Å². The third kappa shape index (κ3) is 2.85. The predicted molar refractivity (Wildman–Crippen MR) is 76.6 cm³/mol. The maximum atomic E-state index is 12.3. The Morgan fingerprint density at radius 1 is 1.05 bits per heavy atom. The molecule has 19 heavy (non-hydrogen) atoms. The lowest BCUT2D eigenvalue weighted by molar-refractivity contribution is 0.0993. The largest absolute Gasteiger partial charge is 0.497 e. The van der Waals surface area contributed by atoms with Gasteiger partial charge in [-0.2, -0.15) is 0 Å². The van der Waals surface area contributed by atoms with Gasteiger partial charge in [-0.05, 0) is 48.5 Å². The van der Waals surface area contributed by atoms with Crippen LogP contribution >= 0.6 is 0 Å². The van der Waals surface area contributed by atoms with Gasteiger partial charge in [0.25, 0.3) is 5.91 Å². The second-order valence-corrected chi connectivity index (χ2v) is 4.18. The number of hydrogen-bond donors (Lipinski definition) is 1. The lowest BCUT2D eigenvalue weighted by atomic mass is 10.2. The summed E-state index contributed by atoms with van der Waals surface area (Å²) in [4.78, 5) is 13.9. The fraction of sp³-hybridized carbons (Fsp3) is 0.133. The summed E-state index contributed by atoms with van der Waals surface area (Å²) in [6.07, 6.45) is 0. The highest BCUT2D eigenvalue weighted by Crippen LogP contribution is 2.18. The number of amides is 1. The van der Waals surface area contributed by atoms with Crippen molar-refractivity contribution in [2.45, 2.75) is 0 Å². The molecule has 0 fully saturated rings. The van der Waals surface area contributed by atoms with Crippen LogP contribution in [-0.4, -0.2) is 20.1 Å². The first-order chi connectivity index (χ1) is 9.11. The SMILES string of the molecule is COc1ccc(C(=O)N(C)c2ccc(N)cc2)cc1. The number of nitrogens with two attached hydrogens (primary N) is 1. The number of benzene rings is 2. The lowest BCUT2D eigenvalue weighted by Gasteiger charge is -2.17. The van der Waals surface area contributed by atoms with E-state index >= 15 is 0 Å². The predicted octanol–water partition coefficient (Wildman–Crippen LogP) is 2.55. The Labute approximate surface area is 112 Å². The van der Waals surface area contributed by atoms with Crippen LogP contribution < -0.4 is 15.4 Å². The molecule has 0 aromatic heterocycles. The van der Waals surface area contributed by atoms with Crippen molar-refractivity contribution in [3.8, 4) is 5.75 Å². The number of nitrogens with zero attached hydrogens (tertiary/aromatic N) is 1. The molecule has 0 aliphatic carbocycles. The van der Waals surface area contributed by atoms with Crippen LogP contribution in [0.4, 0.5) is 11.4 Å². The number of hydrogen-bond acceptors (Lipinski definition) is 3. The molecule has 2 aromatic rings. The Kier molecular flexibility index (Phi) is 3.71. The van der Waals surface area contributed by atoms with Gasteiger partial charge >= 0.3 is 0 Å². The van der Waals surface area contributed by atoms with Crippen molar-refractivity contribution in [1.29, 1.82) is 0 Å². The molecule has 2 aromatic carbocycles. The van der Waals surface area contributed by atoms with Gasteiger partial charge in [-0.15, -0.1) is 0 Å². The molecular weight excluding hydrogens is 240 g/mol. The monoisotopic (exact) mass is 256 g/mol. The molecule has 1 amide bonds. The molecule has 0 bridgehead atoms. The van der Waals surface area contributed by atoms with Crippen LogP contribution in [0.15, 0.2) is 48.5 Å². The summed E-state index contributed by atoms with van der Waals surface area (Å²) in [7, 11) is 3.33. The quantitative estimate of drug-likeness (QED) is 0.859. The van der Waals surface area contributed by atoms with Crippen LogP contribution in [0.3, 0.4) is 0 Å². The minimum atomic E-state index is -0.0765. The second kappa shape index (κ2) is 5.44. The van der Waals surface area contributed by atoms with E-state index in [1.54, 1.807) is 55.5 Å². The Morgan fingerprint density at radius 2 is 1.63 bits per heavy atom. The summed E-state index contributed by atoms with van der Waals surface area (Å²) in [6, 6.07) is 14.2. The van der Waals surface area contributed by atoms with Crippen LogP contribution in [-0.2, 0) is 0 Å². The van der Waals surface area contributed by atoms with E-state index in [0.717, 1.165) is 11.4 Å². The maximum Gasteiger partial charge on any atom is 0.258 e. The first-order valence-electron chi connectivity index (χ1n) is 5.89. The molecule has 0 heterocycles. The molecule has 0 aliphatic heterocycles. The van der Waals surface area contributed by atoms with Gasteiger partial charge in [0.15, 0.2) is 0 Å². The van der Waals surface area contributed by atoms with E-state index in [9.17, 15) is 4.79 Å². The number of anilines is 2. The molecular formula is C15H16N2O2. The van der Waals surface area contributed by atoms with E-state index in [1.807, 2.05) is 12.1 Å². The summed E-state index contributed by atoms with van der Waals surface area (Å²) < 4.78 is 5.07. The summed E-state index contributed by atoms with van der Waals surface area (Å²) in [5.74, 6) is 0.652. The zero-order valence-electron chi connectivity index (χ0n) is 11.0. The zero-order chi connectivity index (χ0) is 13.8. The molecule has 4 heteroatoms. The van der Waals surface area contributed by atoms with E-state index < -0.39 is 0 Å². The average molecular weight is 256 g/mol. The second-order valence-electron chi connectivity index (χ2n) is 4.18. The minimum Gasteiger partial charge on any atom is -0.497 e. The van der Waals surface area contributed by atoms with Crippen molar-refractivity contribution < 1.29 is 9.53 Å². The number of nitrogen functional groups attached to an aromatic ring is 1. The molecule has 0 spiro atoms. The van der Waals surface area contributed by atoms with Gasteiger partial charge in [-0.3, -0.25) is 4.79 Å². The van der Waals surface area contributed by atoms with Crippen molar-refractivity contribution in [2.75, 3.05) is 24.8 Å². The normalized spacial score (nSPS) is 10.0. The fourth-order valence-corrected chi connectivity index (χ4v) is 1.74. The third-order valence-corrected chi connectivity index (χ3v) is 2.92. The van der Waals surface area contributed by atoms with Gasteiger partial charge in [-0.25, -0.2) is 0 Å². The highest BCUT2D eigenvalue weighted by Gasteiger charge is 2.13. The Morgan fingerprint density at radius 3 is 2.16 bits per heavy atom. The highest BCUT2D eigenvalue weighted by atomic mass is 16.5. The summed E-state index contributed by atoms with van der Waals surface area (Å²) in [5, 5.41) is 0. The maximum absolute atomic E-state index is 12.3. The van der Waals surface area contributed by atoms with Crippen LogP contribution in [0.5, 0.6) is 5.75 Å². The van der Waals surface area contributed by atoms with Gasteiger partial charge in [-0.1, -0.05) is 0 Å². The van der Waals surface area contributed by atoms with Crippen molar-refractivity contribution >= 4 is 17.3 Å². The van der Waals surface area contributed by atoms with Crippen LogP contribution in [0, 0.1) is 0 Å². The first kappa shape index (κ1) is 13.0. The number of ether oxygens (including phenoxy) is 1. The fourth-order valence-electron chi connectivity index (χ4n) is 1.74. The van der Waals surface area contributed by atoms with Gasteiger partial charge in [0.05, 0.1) is 7.11 Å². The van der Waals surface area contributed by atoms with Crippen molar-refractivity contribution in [1.82, 2.24) is 0 Å². The molecule has 0 saturated heterocycles. The standard InChI is InChI=1S/C15H16N2O2/c1-17(13-7-5-12(16)6-8-13)15(18)11-3-9-14(19-2)10-4-11/h3-10H,16H2,1-2H3. The highest BCUT2D eigenvalue weighted by molar-refractivity contribution is 6.05. The average Bonchev–Trinajstić information content (AvgIpc) is 2.46. The summed E-state index contributed by atoms with van der Waals surface area (Å²) >= 11 is 0. The molecule has 2 rings (SSSR count). The Hall–Kier alpha value is -2.49. The molecule has 0 atom stereocenters. The van der Waals surface area contributed by atoms with E-state index in [2.05, 4.69) is 0 Å². The van der Waals surface area contributed by atoms with E-state index in [4.69, 9.17) is 10.5 Å². The minimum absolute atomic E-state index is 0.0765. The van der Waals surface area contributed by atoms with Crippen molar-refractivity contribution in [3.63, 3.8) is 0 Å². The Balaban J connectivity index is 2.20. The topological polar surface area (TPSA) is 55.6 Å². The van der Waals surface area contributed by atoms with Crippen molar-refractivity contribution in [2.24, 2.45) is 0 Å². The van der Waals surface area contributed by atoms with Crippen LogP contribution in [0.25, 0.3) is 0 Å². The summed E-state index contributed by atoms with van der Waals surface area (Å²) in [6.45, 7) is 0. The third-order valence-electron chi connectivity index (χ3n) is 2.92. The number of carbonyl (C=O) groups is 1. The molecule has 2 N–H and O–H groups in total. The summed E-state index contributed by atoms with van der Waals surface area (Å²) in [5.41, 5.74) is 7.72. The van der Waals surface area contributed by atoms with Crippen LogP contribution in [0.1, 0.15) is 10.4 Å². The molecule has 0 aliphatic rings. The smallest absolute Gasteiger partial charge is 0.258 e. The molecule has 0 radical (unpaired) electrons. The Bertz CT molecular complexity index is 562. The molecule has 98 valence electrons. The zero-order valence-corrected chi connectivity index (χ0v) is 11.0. The van der Waals surface area contributed by atoms with E-state index in [1.165, 1.54) is 0 Å². The first-order valence-corrected chi connectivity index (χ1v) is 5.89. The molecule has 4 nitrogen and oxygen atoms in total. The number of carbonyl (C=O) groups excluding carboxylic acids is 1. The number of rotatable bonds is 3. The van der Waals surface area contributed by atoms with Crippen molar-refractivity contribution in [3.05, 3.63) is 54.1 Å². The number of methoxy groups -OCH3 is 1. The van der Waals surface area contributed by atoms with E-state index in [-0.39, 0.29) is 5.91 Å².